The maximum Gasteiger partial charge on any atom is 0.335 e. The van der Waals surface area contributed by atoms with Crippen molar-refractivity contribution >= 4 is 17.5 Å². The van der Waals surface area contributed by atoms with Crippen LogP contribution in [0.2, 0.25) is 0 Å². The number of benzene rings is 1. The number of carbonyl (C=O) groups excluding carboxylic acids is 2. The highest BCUT2D eigenvalue weighted by Gasteiger charge is 2.61. The van der Waals surface area contributed by atoms with Gasteiger partial charge >= 0.3 is 5.97 Å². The summed E-state index contributed by atoms with van der Waals surface area (Å²) in [6.07, 6.45) is 8.01. The Morgan fingerprint density at radius 3 is 2.52 bits per heavy atom. The van der Waals surface area contributed by atoms with Crippen molar-refractivity contribution in [1.82, 2.24) is 0 Å². The van der Waals surface area contributed by atoms with E-state index < -0.39 is 5.97 Å². The Labute approximate surface area is 195 Å². The fourth-order valence-electron chi connectivity index (χ4n) is 8.77. The molecule has 0 saturated heterocycles. The van der Waals surface area contributed by atoms with Crippen molar-refractivity contribution in [1.29, 1.82) is 0 Å². The normalized spacial score (nSPS) is 39.8. The molecular weight excluding hydrogens is 416 g/mol. The molecule has 1 aromatic rings. The lowest BCUT2D eigenvalue weighted by Gasteiger charge is -2.60. The molecule has 7 atom stereocenters. The molecule has 5 nitrogen and oxygen atoms in total. The van der Waals surface area contributed by atoms with Crippen LogP contribution in [0.1, 0.15) is 87.6 Å². The first-order valence-corrected chi connectivity index (χ1v) is 12.4. The summed E-state index contributed by atoms with van der Waals surface area (Å²) in [6, 6.07) is 4.44. The van der Waals surface area contributed by atoms with Gasteiger partial charge in [0.05, 0.1) is 5.56 Å². The van der Waals surface area contributed by atoms with Crippen LogP contribution < -0.4 is 0 Å². The zero-order chi connectivity index (χ0) is 23.7. The summed E-state index contributed by atoms with van der Waals surface area (Å²) < 4.78 is 0. The maximum atomic E-state index is 12.8. The van der Waals surface area contributed by atoms with Crippen molar-refractivity contribution in [2.45, 2.75) is 71.6 Å². The van der Waals surface area contributed by atoms with E-state index in [4.69, 9.17) is 0 Å². The van der Waals surface area contributed by atoms with Gasteiger partial charge in [0, 0.05) is 18.3 Å². The first-order valence-electron chi connectivity index (χ1n) is 12.4. The average molecular weight is 451 g/mol. The number of hydrogen-bond acceptors (Lipinski definition) is 4. The molecule has 0 spiro atoms. The predicted octanol–water partition coefficient (Wildman–Crippen LogP) is 5.52. The molecule has 4 aliphatic carbocycles. The molecule has 0 heterocycles. The Hall–Kier alpha value is -2.43. The van der Waals surface area contributed by atoms with Crippen LogP contribution in [0.25, 0.3) is 0 Å². The molecule has 0 bridgehead atoms. The third-order valence-electron chi connectivity index (χ3n) is 10.2. The quantitative estimate of drug-likeness (QED) is 0.632. The minimum atomic E-state index is -1.03. The van der Waals surface area contributed by atoms with E-state index in [1.54, 1.807) is 13.0 Å². The number of aromatic hydroxyl groups is 1. The molecule has 0 radical (unpaired) electrons. The number of phenols is 1. The molecule has 0 aromatic heterocycles. The smallest absolute Gasteiger partial charge is 0.335 e. The molecule has 1 unspecified atom stereocenters. The molecule has 176 valence electrons. The number of carboxylic acids is 1. The van der Waals surface area contributed by atoms with Gasteiger partial charge in [-0.2, -0.15) is 0 Å². The molecule has 3 saturated carbocycles. The molecule has 2 N–H and O–H groups in total. The number of phenolic OH excluding ortho intramolecular Hbond substituents is 1. The summed E-state index contributed by atoms with van der Waals surface area (Å²) in [5, 5.41) is 20.1. The Kier molecular flexibility index (Phi) is 5.11. The number of ketones is 2. The summed E-state index contributed by atoms with van der Waals surface area (Å²) >= 11 is 0. The molecule has 4 aliphatic rings. The minimum Gasteiger partial charge on any atom is -0.508 e. The summed E-state index contributed by atoms with van der Waals surface area (Å²) in [5.41, 5.74) is 1.61. The Morgan fingerprint density at radius 1 is 1.06 bits per heavy atom. The molecule has 5 rings (SSSR count). The standard InChI is InChI=1S/C28H34O5/c1-15(29)22-8-9-23-20-6-4-16-12-18(31)14-25(21-13-17(30)5-7-19(21)26(32)33)28(16,3)24(20)10-11-27(22,23)2/h5,7,12-13,20,22-25,30H,4,6,8-11,14H2,1-3H3,(H,32,33)/t20-,22+,23-,24-,25?,27+,28+/m0/s1. The Balaban J connectivity index is 1.61. The Bertz CT molecular complexity index is 1070. The first-order chi connectivity index (χ1) is 15.6. The second-order valence-electron chi connectivity index (χ2n) is 11.5. The van der Waals surface area contributed by atoms with Gasteiger partial charge < -0.3 is 10.2 Å². The molecular formula is C28H34O5. The Morgan fingerprint density at radius 2 is 1.82 bits per heavy atom. The van der Waals surface area contributed by atoms with E-state index in [-0.39, 0.29) is 46.2 Å². The lowest BCUT2D eigenvalue weighted by Crippen LogP contribution is -2.53. The zero-order valence-corrected chi connectivity index (χ0v) is 19.8. The highest BCUT2D eigenvalue weighted by molar-refractivity contribution is 5.94. The van der Waals surface area contributed by atoms with Gasteiger partial charge in [-0.1, -0.05) is 19.4 Å². The second-order valence-corrected chi connectivity index (χ2v) is 11.5. The summed E-state index contributed by atoms with van der Waals surface area (Å²) in [6.45, 7) is 6.30. The molecule has 3 fully saturated rings. The third-order valence-corrected chi connectivity index (χ3v) is 10.2. The van der Waals surface area contributed by atoms with Crippen molar-refractivity contribution < 1.29 is 24.6 Å². The first kappa shape index (κ1) is 22.4. The van der Waals surface area contributed by atoms with E-state index in [1.165, 1.54) is 12.1 Å². The van der Waals surface area contributed by atoms with Gasteiger partial charge in [-0.3, -0.25) is 9.59 Å². The molecule has 5 heteroatoms. The van der Waals surface area contributed by atoms with Crippen LogP contribution in [0.3, 0.4) is 0 Å². The lowest BCUT2D eigenvalue weighted by molar-refractivity contribution is -0.129. The van der Waals surface area contributed by atoms with Crippen molar-refractivity contribution in [2.75, 3.05) is 0 Å². The number of allylic oxidation sites excluding steroid dienone is 1. The molecule has 0 aliphatic heterocycles. The number of carbonyl (C=O) groups is 3. The predicted molar refractivity (Wildman–Crippen MR) is 124 cm³/mol. The van der Waals surface area contributed by atoms with E-state index in [0.717, 1.165) is 44.1 Å². The maximum absolute atomic E-state index is 12.8. The SMILES string of the molecule is CC(=O)[C@H]1CC[C@H]2[C@@H]3CCC4=CC(=O)CC(c5cc(O)ccc5C(=O)O)[C@@]4(C)[C@H]3CC[C@]12C. The number of carboxylic acid groups (broad SMARTS) is 1. The monoisotopic (exact) mass is 450 g/mol. The number of Topliss-reactive ketones (excluding diaryl/α,β-unsaturated/α-hetero) is 1. The van der Waals surface area contributed by atoms with E-state index >= 15 is 0 Å². The van der Waals surface area contributed by atoms with Gasteiger partial charge in [0.1, 0.15) is 11.5 Å². The fourth-order valence-corrected chi connectivity index (χ4v) is 8.77. The van der Waals surface area contributed by atoms with E-state index in [2.05, 4.69) is 13.8 Å². The van der Waals surface area contributed by atoms with Gasteiger partial charge in [-0.15, -0.1) is 0 Å². The highest BCUT2D eigenvalue weighted by Crippen LogP contribution is 2.69. The highest BCUT2D eigenvalue weighted by atomic mass is 16.4. The van der Waals surface area contributed by atoms with Crippen molar-refractivity contribution in [3.05, 3.63) is 41.0 Å². The number of aromatic carboxylic acids is 1. The number of fused-ring (bicyclic) bond motifs is 5. The van der Waals surface area contributed by atoms with Crippen LogP contribution in [0.15, 0.2) is 29.8 Å². The van der Waals surface area contributed by atoms with Crippen LogP contribution in [0.5, 0.6) is 5.75 Å². The molecule has 0 amide bonds. The lowest BCUT2D eigenvalue weighted by atomic mass is 9.44. The second kappa shape index (κ2) is 7.54. The number of hydrogen-bond donors (Lipinski definition) is 2. The number of rotatable bonds is 3. The van der Waals surface area contributed by atoms with Crippen LogP contribution in [-0.2, 0) is 9.59 Å². The average Bonchev–Trinajstić information content (AvgIpc) is 3.11. The van der Waals surface area contributed by atoms with Gasteiger partial charge in [-0.25, -0.2) is 4.79 Å². The van der Waals surface area contributed by atoms with Crippen LogP contribution >= 0.6 is 0 Å². The topological polar surface area (TPSA) is 91.7 Å². The van der Waals surface area contributed by atoms with Gasteiger partial charge in [0.25, 0.3) is 0 Å². The molecule has 1 aromatic carbocycles. The summed E-state index contributed by atoms with van der Waals surface area (Å²) in [4.78, 5) is 37.3. The van der Waals surface area contributed by atoms with Crippen molar-refractivity contribution in [2.24, 2.45) is 34.5 Å². The van der Waals surface area contributed by atoms with Crippen molar-refractivity contribution in [3.8, 4) is 5.75 Å². The van der Waals surface area contributed by atoms with Crippen molar-refractivity contribution in [3.63, 3.8) is 0 Å². The van der Waals surface area contributed by atoms with Crippen LogP contribution in [-0.4, -0.2) is 27.7 Å². The minimum absolute atomic E-state index is 0.0332. The van der Waals surface area contributed by atoms with Gasteiger partial charge in [0.2, 0.25) is 0 Å². The summed E-state index contributed by atoms with van der Waals surface area (Å²) in [5.74, 6) is 0.528. The van der Waals surface area contributed by atoms with E-state index in [0.29, 0.717) is 29.1 Å². The third kappa shape index (κ3) is 3.14. The van der Waals surface area contributed by atoms with E-state index in [9.17, 15) is 24.6 Å². The zero-order valence-electron chi connectivity index (χ0n) is 19.8. The van der Waals surface area contributed by atoms with Gasteiger partial charge in [0.15, 0.2) is 5.78 Å². The van der Waals surface area contributed by atoms with Gasteiger partial charge in [-0.05, 0) is 104 Å². The van der Waals surface area contributed by atoms with Crippen LogP contribution in [0.4, 0.5) is 0 Å². The molecule has 33 heavy (non-hydrogen) atoms. The van der Waals surface area contributed by atoms with E-state index in [1.807, 2.05) is 6.08 Å². The fraction of sp³-hybridized carbons (Fsp3) is 0.607. The summed E-state index contributed by atoms with van der Waals surface area (Å²) in [7, 11) is 0. The van der Waals surface area contributed by atoms with Crippen LogP contribution in [0, 0.1) is 34.5 Å². The largest absolute Gasteiger partial charge is 0.508 e.